The summed E-state index contributed by atoms with van der Waals surface area (Å²) < 4.78 is 0. The maximum absolute atomic E-state index is 14.0. The molecule has 0 unspecified atom stereocenters. The molecule has 2 aromatic carbocycles. The Morgan fingerprint density at radius 2 is 1.68 bits per heavy atom. The molecule has 0 aliphatic heterocycles. The summed E-state index contributed by atoms with van der Waals surface area (Å²) >= 11 is 0. The van der Waals surface area contributed by atoms with Crippen LogP contribution in [0, 0.1) is 11.8 Å². The maximum atomic E-state index is 14.0. The Morgan fingerprint density at radius 1 is 1.02 bits per heavy atom. The average molecular weight is 605 g/mol. The highest BCUT2D eigenvalue weighted by Crippen LogP contribution is 2.53. The molecular formula is C32H36N4O8. The van der Waals surface area contributed by atoms with Crippen molar-refractivity contribution in [3.8, 4) is 16.9 Å². The van der Waals surface area contributed by atoms with E-state index in [1.807, 2.05) is 19.0 Å². The number of carbonyl (C=O) groups is 4. The van der Waals surface area contributed by atoms with Gasteiger partial charge in [-0.05, 0) is 81.8 Å². The number of nitrogens with one attached hydrogen (secondary N) is 1. The van der Waals surface area contributed by atoms with Crippen molar-refractivity contribution in [2.45, 2.75) is 24.5 Å². The number of aliphatic hydroxyl groups is 3. The van der Waals surface area contributed by atoms with Crippen molar-refractivity contribution in [1.29, 1.82) is 0 Å². The number of hydrogen-bond donors (Lipinski definition) is 6. The average Bonchev–Trinajstić information content (AvgIpc) is 2.94. The number of ketones is 2. The molecule has 232 valence electrons. The normalized spacial score (nSPS) is 24.8. The lowest BCUT2D eigenvalue weighted by Gasteiger charge is -2.50. The van der Waals surface area contributed by atoms with Gasteiger partial charge in [-0.15, -0.1) is 0 Å². The number of benzene rings is 2. The van der Waals surface area contributed by atoms with Crippen molar-refractivity contribution >= 4 is 29.1 Å². The molecule has 0 heterocycles. The lowest BCUT2D eigenvalue weighted by Crippen LogP contribution is -2.65. The molecule has 4 atom stereocenters. The van der Waals surface area contributed by atoms with Crippen LogP contribution in [0.15, 0.2) is 53.3 Å². The molecule has 12 heteroatoms. The van der Waals surface area contributed by atoms with Gasteiger partial charge in [-0.25, -0.2) is 0 Å². The third kappa shape index (κ3) is 4.75. The summed E-state index contributed by atoms with van der Waals surface area (Å²) in [5.41, 5.74) is 3.97. The van der Waals surface area contributed by atoms with Gasteiger partial charge in [0, 0.05) is 30.1 Å². The number of phenols is 1. The molecule has 0 radical (unpaired) electrons. The van der Waals surface area contributed by atoms with E-state index in [0.29, 0.717) is 35.3 Å². The molecule has 7 N–H and O–H groups in total. The number of amides is 2. The first-order valence-electron chi connectivity index (χ1n) is 14.2. The Bertz CT molecular complexity index is 1640. The highest BCUT2D eigenvalue weighted by atomic mass is 16.3. The highest BCUT2D eigenvalue weighted by molar-refractivity contribution is 6.24. The predicted molar refractivity (Wildman–Crippen MR) is 161 cm³/mol. The van der Waals surface area contributed by atoms with Crippen LogP contribution >= 0.6 is 0 Å². The second-order valence-electron chi connectivity index (χ2n) is 12.1. The number of carbonyl (C=O) groups excluding carboxylic acids is 4. The molecule has 3 aliphatic rings. The molecule has 0 saturated heterocycles. The fourth-order valence-corrected chi connectivity index (χ4v) is 6.81. The number of likely N-dealkylation sites (N-methyl/N-ethyl adjacent to an activating group) is 2. The molecule has 5 rings (SSSR count). The smallest absolute Gasteiger partial charge is 0.255 e. The first-order valence-corrected chi connectivity index (χ1v) is 14.2. The van der Waals surface area contributed by atoms with E-state index in [0.717, 1.165) is 0 Å². The number of primary amides is 1. The SMILES string of the molecule is CN(C)CCNC(=O)c1ccc(-c2ccc(O)c3c2C[C@H]2C[C@H]4[C@H](N(C)C)C(=O)C(C(N)=O)=C(O)[C@@]4(O)C(=O)C2=C3O)cc1. The third-order valence-corrected chi connectivity index (χ3v) is 8.91. The topological polar surface area (TPSA) is 194 Å². The largest absolute Gasteiger partial charge is 0.508 e. The number of nitrogens with zero attached hydrogens (tertiary/aromatic N) is 2. The van der Waals surface area contributed by atoms with E-state index < -0.39 is 58.0 Å². The zero-order valence-electron chi connectivity index (χ0n) is 24.9. The quantitative estimate of drug-likeness (QED) is 0.248. The van der Waals surface area contributed by atoms with E-state index in [2.05, 4.69) is 5.32 Å². The zero-order valence-corrected chi connectivity index (χ0v) is 24.9. The summed E-state index contributed by atoms with van der Waals surface area (Å²) in [6.45, 7) is 1.18. The fourth-order valence-electron chi connectivity index (χ4n) is 6.81. The molecule has 0 aromatic heterocycles. The van der Waals surface area contributed by atoms with Crippen LogP contribution < -0.4 is 11.1 Å². The number of rotatable bonds is 7. The second-order valence-corrected chi connectivity index (χ2v) is 12.1. The number of fused-ring (bicyclic) bond motifs is 3. The Morgan fingerprint density at radius 3 is 2.27 bits per heavy atom. The van der Waals surface area contributed by atoms with Gasteiger partial charge in [0.25, 0.3) is 11.8 Å². The summed E-state index contributed by atoms with van der Waals surface area (Å²) in [7, 11) is 6.93. The maximum Gasteiger partial charge on any atom is 0.255 e. The van der Waals surface area contributed by atoms with Crippen LogP contribution in [0.5, 0.6) is 5.75 Å². The monoisotopic (exact) mass is 604 g/mol. The van der Waals surface area contributed by atoms with E-state index in [9.17, 15) is 39.6 Å². The minimum Gasteiger partial charge on any atom is -0.508 e. The van der Waals surface area contributed by atoms with Crippen LogP contribution in [0.4, 0.5) is 0 Å². The molecule has 44 heavy (non-hydrogen) atoms. The molecule has 12 nitrogen and oxygen atoms in total. The lowest BCUT2D eigenvalue weighted by atomic mass is 9.57. The molecule has 1 fully saturated rings. The van der Waals surface area contributed by atoms with E-state index in [-0.39, 0.29) is 35.6 Å². The van der Waals surface area contributed by atoms with Gasteiger partial charge in [0.1, 0.15) is 22.8 Å². The van der Waals surface area contributed by atoms with Crippen LogP contribution in [0.25, 0.3) is 16.9 Å². The van der Waals surface area contributed by atoms with E-state index >= 15 is 0 Å². The van der Waals surface area contributed by atoms with E-state index in [1.54, 1.807) is 44.4 Å². The van der Waals surface area contributed by atoms with Crippen molar-refractivity contribution in [2.75, 3.05) is 41.3 Å². The first-order chi connectivity index (χ1) is 20.7. The van der Waals surface area contributed by atoms with Crippen molar-refractivity contribution in [1.82, 2.24) is 15.1 Å². The molecule has 0 spiro atoms. The van der Waals surface area contributed by atoms with Gasteiger partial charge in [-0.1, -0.05) is 18.2 Å². The minimum atomic E-state index is -2.69. The van der Waals surface area contributed by atoms with E-state index in [1.165, 1.54) is 11.0 Å². The van der Waals surface area contributed by atoms with Gasteiger partial charge in [0.2, 0.25) is 5.78 Å². The van der Waals surface area contributed by atoms with Crippen molar-refractivity contribution in [3.63, 3.8) is 0 Å². The third-order valence-electron chi connectivity index (χ3n) is 8.91. The molecular weight excluding hydrogens is 568 g/mol. The number of aromatic hydroxyl groups is 1. The lowest BCUT2D eigenvalue weighted by molar-refractivity contribution is -0.153. The second kappa shape index (κ2) is 11.2. The molecule has 2 amide bonds. The number of phenolic OH excluding ortho intramolecular Hbond substituents is 1. The number of hydrogen-bond acceptors (Lipinski definition) is 10. The van der Waals surface area contributed by atoms with Crippen LogP contribution in [0.1, 0.15) is 27.9 Å². The number of Topliss-reactive ketones (excluding diaryl/α,β-unsaturated/α-hetero) is 2. The van der Waals surface area contributed by atoms with Crippen molar-refractivity contribution in [2.24, 2.45) is 17.6 Å². The minimum absolute atomic E-state index is 0.00398. The Kier molecular flexibility index (Phi) is 7.87. The summed E-state index contributed by atoms with van der Waals surface area (Å²) in [4.78, 5) is 55.4. The number of nitrogens with two attached hydrogens (primary N) is 1. The Balaban J connectivity index is 1.58. The van der Waals surface area contributed by atoms with E-state index in [4.69, 9.17) is 5.73 Å². The van der Waals surface area contributed by atoms with Gasteiger partial charge < -0.3 is 36.4 Å². The fraction of sp³-hybridized carbons (Fsp3) is 0.375. The van der Waals surface area contributed by atoms with Gasteiger partial charge >= 0.3 is 0 Å². The molecule has 0 bridgehead atoms. The number of aliphatic hydroxyl groups excluding tert-OH is 2. The van der Waals surface area contributed by atoms with Crippen LogP contribution in [0.3, 0.4) is 0 Å². The molecule has 3 aliphatic carbocycles. The van der Waals surface area contributed by atoms with Crippen LogP contribution in [-0.2, 0) is 20.8 Å². The van der Waals surface area contributed by atoms with Gasteiger partial charge in [-0.3, -0.25) is 24.1 Å². The standard InChI is InChI=1S/C32H36N4O8/c1-35(2)12-11-34-31(43)16-7-5-15(6-8-16)18-9-10-21(37)23-19(18)13-17-14-20-25(36(3)4)27(39)24(30(33)42)29(41)32(20,44)28(40)22(17)26(23)38/h5-10,17,20,25,37-38,41,44H,11-14H2,1-4H3,(H2,33,42)(H,34,43)/t17-,20-,25-,32-/m0/s1. The van der Waals surface area contributed by atoms with Gasteiger partial charge in [0.05, 0.1) is 11.6 Å². The van der Waals surface area contributed by atoms with Gasteiger partial charge in [0.15, 0.2) is 11.4 Å². The summed E-state index contributed by atoms with van der Waals surface area (Å²) in [5, 5.41) is 47.9. The zero-order chi connectivity index (χ0) is 32.2. The first kappa shape index (κ1) is 30.9. The van der Waals surface area contributed by atoms with Crippen molar-refractivity contribution < 1.29 is 39.6 Å². The summed E-state index contributed by atoms with van der Waals surface area (Å²) in [6.07, 6.45) is 0.151. The predicted octanol–water partition coefficient (Wildman–Crippen LogP) is 0.922. The Labute approximate surface area is 254 Å². The van der Waals surface area contributed by atoms with Gasteiger partial charge in [-0.2, -0.15) is 0 Å². The van der Waals surface area contributed by atoms with Crippen molar-refractivity contribution in [3.05, 3.63) is 70.0 Å². The molecule has 1 saturated carbocycles. The summed E-state index contributed by atoms with van der Waals surface area (Å²) in [5.74, 6) is -7.21. The summed E-state index contributed by atoms with van der Waals surface area (Å²) in [6, 6.07) is 8.76. The van der Waals surface area contributed by atoms with Crippen LogP contribution in [0.2, 0.25) is 0 Å². The Hall–Kier alpha value is -4.52. The molecule has 2 aromatic rings. The highest BCUT2D eigenvalue weighted by Gasteiger charge is 2.64. The van der Waals surface area contributed by atoms with Crippen LogP contribution in [-0.4, -0.2) is 107 Å².